The topological polar surface area (TPSA) is 32.3 Å². The molecule has 1 amide bonds. The van der Waals surface area contributed by atoms with Crippen LogP contribution in [0.5, 0.6) is 0 Å². The van der Waals surface area contributed by atoms with Gasteiger partial charge in [-0.3, -0.25) is 4.79 Å². The van der Waals surface area contributed by atoms with Crippen molar-refractivity contribution in [2.75, 3.05) is 18.4 Å². The van der Waals surface area contributed by atoms with E-state index in [2.05, 4.69) is 27.8 Å². The highest BCUT2D eigenvalue weighted by Gasteiger charge is 2.13. The molecule has 0 bridgehead atoms. The standard InChI is InChI=1S/C20H22Cl2N2OS/c1-14-5-7-16(26-24-9-3-2-4-10-24)13-19(14)23-20(25)12-15-6-8-17(21)18(22)11-15/h5-8,11,13H,2-4,9-10,12H2,1H3,(H,23,25). The summed E-state index contributed by atoms with van der Waals surface area (Å²) in [4.78, 5) is 13.6. The number of benzene rings is 2. The summed E-state index contributed by atoms with van der Waals surface area (Å²) in [5.74, 6) is -0.0633. The first-order chi connectivity index (χ1) is 12.5. The highest BCUT2D eigenvalue weighted by atomic mass is 35.5. The average Bonchev–Trinajstić information content (AvgIpc) is 2.62. The first kappa shape index (κ1) is 19.6. The zero-order chi connectivity index (χ0) is 18.5. The number of halogens is 2. The second kappa shape index (κ2) is 9.14. The molecule has 1 aliphatic heterocycles. The third-order valence-electron chi connectivity index (χ3n) is 4.38. The zero-order valence-electron chi connectivity index (χ0n) is 14.7. The Morgan fingerprint density at radius 3 is 2.58 bits per heavy atom. The number of hydrogen-bond donors (Lipinski definition) is 1. The van der Waals surface area contributed by atoms with Gasteiger partial charge in [0.2, 0.25) is 5.91 Å². The minimum atomic E-state index is -0.0633. The first-order valence-corrected chi connectivity index (χ1v) is 10.3. The number of amides is 1. The predicted octanol–water partition coefficient (Wildman–Crippen LogP) is 5.98. The van der Waals surface area contributed by atoms with Crippen molar-refractivity contribution < 1.29 is 4.79 Å². The van der Waals surface area contributed by atoms with Gasteiger partial charge >= 0.3 is 0 Å². The number of rotatable bonds is 5. The Morgan fingerprint density at radius 1 is 1.08 bits per heavy atom. The summed E-state index contributed by atoms with van der Waals surface area (Å²) < 4.78 is 2.40. The molecule has 3 rings (SSSR count). The number of piperidine rings is 1. The van der Waals surface area contributed by atoms with Gasteiger partial charge in [-0.2, -0.15) is 0 Å². The quantitative estimate of drug-likeness (QED) is 0.617. The monoisotopic (exact) mass is 408 g/mol. The molecular formula is C20H22Cl2N2OS. The second-order valence-electron chi connectivity index (χ2n) is 6.53. The maximum absolute atomic E-state index is 12.4. The Labute approximate surface area is 169 Å². The van der Waals surface area contributed by atoms with Gasteiger partial charge in [0.05, 0.1) is 16.5 Å². The predicted molar refractivity (Wildman–Crippen MR) is 111 cm³/mol. The van der Waals surface area contributed by atoms with Gasteiger partial charge in [0.15, 0.2) is 0 Å². The molecule has 0 spiro atoms. The van der Waals surface area contributed by atoms with Crippen LogP contribution in [-0.4, -0.2) is 23.3 Å². The lowest BCUT2D eigenvalue weighted by Gasteiger charge is -2.25. The molecule has 1 heterocycles. The fraction of sp³-hybridized carbons (Fsp3) is 0.350. The summed E-state index contributed by atoms with van der Waals surface area (Å²) >= 11 is 13.7. The van der Waals surface area contributed by atoms with Gasteiger partial charge in [0.25, 0.3) is 0 Å². The molecule has 0 unspecified atom stereocenters. The Hall–Kier alpha value is -1.20. The van der Waals surface area contributed by atoms with Gasteiger partial charge in [-0.05, 0) is 67.1 Å². The van der Waals surface area contributed by atoms with Gasteiger partial charge < -0.3 is 5.32 Å². The van der Waals surface area contributed by atoms with E-state index in [4.69, 9.17) is 23.2 Å². The molecule has 138 valence electrons. The van der Waals surface area contributed by atoms with Gasteiger partial charge in [-0.25, -0.2) is 4.31 Å². The van der Waals surface area contributed by atoms with E-state index in [0.29, 0.717) is 10.0 Å². The van der Waals surface area contributed by atoms with Crippen LogP contribution in [0.3, 0.4) is 0 Å². The summed E-state index contributed by atoms with van der Waals surface area (Å²) in [6.07, 6.45) is 4.10. The molecule has 1 N–H and O–H groups in total. The van der Waals surface area contributed by atoms with Crippen molar-refractivity contribution in [3.8, 4) is 0 Å². The van der Waals surface area contributed by atoms with E-state index in [0.717, 1.165) is 34.8 Å². The van der Waals surface area contributed by atoms with E-state index in [9.17, 15) is 4.79 Å². The molecule has 1 aliphatic rings. The summed E-state index contributed by atoms with van der Waals surface area (Å²) in [6, 6.07) is 11.5. The van der Waals surface area contributed by atoms with Gasteiger partial charge in [0.1, 0.15) is 0 Å². The van der Waals surface area contributed by atoms with Gasteiger partial charge in [-0.1, -0.05) is 41.8 Å². The lowest BCUT2D eigenvalue weighted by Crippen LogP contribution is -2.22. The van der Waals surface area contributed by atoms with E-state index >= 15 is 0 Å². The maximum Gasteiger partial charge on any atom is 0.228 e. The van der Waals surface area contributed by atoms with Crippen molar-refractivity contribution in [3.05, 3.63) is 57.6 Å². The zero-order valence-corrected chi connectivity index (χ0v) is 17.1. The Kier molecular flexibility index (Phi) is 6.87. The van der Waals surface area contributed by atoms with E-state index in [1.165, 1.54) is 19.3 Å². The van der Waals surface area contributed by atoms with Crippen LogP contribution in [0, 0.1) is 6.92 Å². The molecule has 0 aromatic heterocycles. The fourth-order valence-electron chi connectivity index (χ4n) is 2.93. The molecule has 2 aromatic carbocycles. The van der Waals surface area contributed by atoms with E-state index < -0.39 is 0 Å². The fourth-order valence-corrected chi connectivity index (χ4v) is 4.29. The number of nitrogens with zero attached hydrogens (tertiary/aromatic N) is 1. The molecule has 1 fully saturated rings. The van der Waals surface area contributed by atoms with Crippen LogP contribution in [0.2, 0.25) is 10.0 Å². The number of anilines is 1. The smallest absolute Gasteiger partial charge is 0.228 e. The minimum absolute atomic E-state index is 0.0633. The van der Waals surface area contributed by atoms with Crippen molar-refractivity contribution in [2.24, 2.45) is 0 Å². The lowest BCUT2D eigenvalue weighted by atomic mass is 10.1. The molecule has 1 saturated heterocycles. The van der Waals surface area contributed by atoms with Crippen molar-refractivity contribution in [1.29, 1.82) is 0 Å². The van der Waals surface area contributed by atoms with Crippen LogP contribution in [0.15, 0.2) is 41.3 Å². The number of carbonyl (C=O) groups is 1. The summed E-state index contributed by atoms with van der Waals surface area (Å²) in [5, 5.41) is 3.98. The molecule has 3 nitrogen and oxygen atoms in total. The van der Waals surface area contributed by atoms with E-state index in [1.54, 1.807) is 24.1 Å². The van der Waals surface area contributed by atoms with Crippen molar-refractivity contribution in [3.63, 3.8) is 0 Å². The van der Waals surface area contributed by atoms with Crippen molar-refractivity contribution >= 4 is 46.7 Å². The number of carbonyl (C=O) groups excluding carboxylic acids is 1. The number of aryl methyl sites for hydroxylation is 1. The van der Waals surface area contributed by atoms with Gasteiger partial charge in [-0.15, -0.1) is 0 Å². The summed E-state index contributed by atoms with van der Waals surface area (Å²) in [7, 11) is 0. The molecule has 6 heteroatoms. The molecule has 0 radical (unpaired) electrons. The third kappa shape index (κ3) is 5.40. The Bertz CT molecular complexity index is 791. The minimum Gasteiger partial charge on any atom is -0.326 e. The van der Waals surface area contributed by atoms with Crippen LogP contribution in [0.25, 0.3) is 0 Å². The van der Waals surface area contributed by atoms with E-state index in [-0.39, 0.29) is 12.3 Å². The van der Waals surface area contributed by atoms with E-state index in [1.807, 2.05) is 13.0 Å². The number of nitrogens with one attached hydrogen (secondary N) is 1. The maximum atomic E-state index is 12.4. The molecule has 0 aliphatic carbocycles. The molecule has 2 aromatic rings. The highest BCUT2D eigenvalue weighted by Crippen LogP contribution is 2.30. The van der Waals surface area contributed by atoms with Crippen molar-refractivity contribution in [2.45, 2.75) is 37.5 Å². The Morgan fingerprint density at radius 2 is 1.85 bits per heavy atom. The van der Waals surface area contributed by atoms with Crippen LogP contribution >= 0.6 is 35.1 Å². The largest absolute Gasteiger partial charge is 0.326 e. The second-order valence-corrected chi connectivity index (χ2v) is 8.52. The van der Waals surface area contributed by atoms with Crippen LogP contribution < -0.4 is 5.32 Å². The van der Waals surface area contributed by atoms with Crippen LogP contribution in [0.4, 0.5) is 5.69 Å². The van der Waals surface area contributed by atoms with Gasteiger partial charge in [0, 0.05) is 23.7 Å². The lowest BCUT2D eigenvalue weighted by molar-refractivity contribution is -0.115. The normalized spacial score (nSPS) is 15.0. The molecular weight excluding hydrogens is 387 g/mol. The van der Waals surface area contributed by atoms with Crippen molar-refractivity contribution in [1.82, 2.24) is 4.31 Å². The highest BCUT2D eigenvalue weighted by molar-refractivity contribution is 7.97. The van der Waals surface area contributed by atoms with Crippen LogP contribution in [0.1, 0.15) is 30.4 Å². The first-order valence-electron chi connectivity index (χ1n) is 8.78. The average molecular weight is 409 g/mol. The summed E-state index contributed by atoms with van der Waals surface area (Å²) in [6.45, 7) is 4.25. The summed E-state index contributed by atoms with van der Waals surface area (Å²) in [5.41, 5.74) is 2.75. The van der Waals surface area contributed by atoms with Crippen LogP contribution in [-0.2, 0) is 11.2 Å². The third-order valence-corrected chi connectivity index (χ3v) is 6.21. The molecule has 0 saturated carbocycles. The molecule has 0 atom stereocenters. The molecule has 26 heavy (non-hydrogen) atoms. The SMILES string of the molecule is Cc1ccc(SN2CCCCC2)cc1NC(=O)Cc1ccc(Cl)c(Cl)c1. The Balaban J connectivity index is 1.64. The number of hydrogen-bond acceptors (Lipinski definition) is 3.